The fourth-order valence-corrected chi connectivity index (χ4v) is 5.35. The summed E-state index contributed by atoms with van der Waals surface area (Å²) < 4.78 is 26.1. The monoisotopic (exact) mass is 421 g/mol. The number of carbonyl (C=O) groups excluding carboxylic acids is 1. The van der Waals surface area contributed by atoms with Crippen molar-refractivity contribution in [2.45, 2.75) is 24.3 Å². The summed E-state index contributed by atoms with van der Waals surface area (Å²) in [5.41, 5.74) is 3.44. The molecule has 1 aromatic carbocycles. The van der Waals surface area contributed by atoms with Gasteiger partial charge in [-0.1, -0.05) is 18.2 Å². The number of pyridine rings is 1. The van der Waals surface area contributed by atoms with E-state index in [4.69, 9.17) is 0 Å². The van der Waals surface area contributed by atoms with Gasteiger partial charge in [0.1, 0.15) is 5.69 Å². The van der Waals surface area contributed by atoms with E-state index >= 15 is 0 Å². The minimum absolute atomic E-state index is 0.0369. The molecule has 4 aromatic rings. The van der Waals surface area contributed by atoms with E-state index in [1.54, 1.807) is 6.20 Å². The lowest BCUT2D eigenvalue weighted by atomic mass is 10.2. The van der Waals surface area contributed by atoms with E-state index in [1.165, 1.54) is 6.20 Å². The third kappa shape index (κ3) is 3.17. The highest BCUT2D eigenvalue weighted by molar-refractivity contribution is 7.91. The quantitative estimate of drug-likeness (QED) is 0.515. The molecule has 0 atom stereocenters. The van der Waals surface area contributed by atoms with Crippen molar-refractivity contribution in [1.29, 1.82) is 0 Å². The van der Waals surface area contributed by atoms with Gasteiger partial charge in [0.05, 0.1) is 21.7 Å². The topological polar surface area (TPSA) is 110 Å². The van der Waals surface area contributed by atoms with Crippen LogP contribution >= 0.6 is 0 Å². The van der Waals surface area contributed by atoms with Crippen LogP contribution in [0.3, 0.4) is 0 Å². The third-order valence-corrected chi connectivity index (χ3v) is 7.10. The number of aryl methyl sites for hydroxylation is 2. The van der Waals surface area contributed by atoms with Crippen LogP contribution in [0, 0.1) is 0 Å². The first-order chi connectivity index (χ1) is 14.5. The van der Waals surface area contributed by atoms with Gasteiger partial charge in [0.25, 0.3) is 5.91 Å². The molecule has 0 bridgehead atoms. The van der Waals surface area contributed by atoms with Crippen LogP contribution in [0.2, 0.25) is 0 Å². The maximum atomic E-state index is 12.9. The number of amides is 1. The highest BCUT2D eigenvalue weighted by atomic mass is 32.2. The van der Waals surface area contributed by atoms with Crippen molar-refractivity contribution in [3.8, 4) is 0 Å². The van der Waals surface area contributed by atoms with Gasteiger partial charge in [0.2, 0.25) is 5.95 Å². The number of aromatic nitrogens is 4. The molecule has 4 heterocycles. The number of nitrogens with zero attached hydrogens (tertiary/aromatic N) is 3. The number of imidazole rings is 1. The van der Waals surface area contributed by atoms with Crippen LogP contribution < -0.4 is 5.32 Å². The van der Waals surface area contributed by atoms with Crippen molar-refractivity contribution in [3.05, 3.63) is 71.8 Å². The Morgan fingerprint density at radius 2 is 2.00 bits per heavy atom. The van der Waals surface area contributed by atoms with Gasteiger partial charge in [0.15, 0.2) is 9.84 Å². The predicted octanol–water partition coefficient (Wildman–Crippen LogP) is 2.58. The first-order valence-electron chi connectivity index (χ1n) is 9.62. The van der Waals surface area contributed by atoms with E-state index in [9.17, 15) is 13.2 Å². The molecule has 0 fully saturated rings. The van der Waals surface area contributed by atoms with Crippen LogP contribution in [-0.4, -0.2) is 39.6 Å². The molecule has 0 saturated heterocycles. The maximum Gasteiger partial charge on any atom is 0.274 e. The fourth-order valence-electron chi connectivity index (χ4n) is 3.84. The number of carbonyl (C=O) groups is 1. The van der Waals surface area contributed by atoms with Crippen molar-refractivity contribution in [1.82, 2.24) is 19.5 Å². The fraction of sp³-hybridized carbons (Fsp3) is 0.190. The Morgan fingerprint density at radius 1 is 1.17 bits per heavy atom. The first-order valence-corrected chi connectivity index (χ1v) is 11.3. The molecule has 1 amide bonds. The molecule has 0 saturated carbocycles. The van der Waals surface area contributed by atoms with Gasteiger partial charge in [-0.25, -0.2) is 13.4 Å². The Balaban J connectivity index is 1.46. The van der Waals surface area contributed by atoms with E-state index in [2.05, 4.69) is 20.3 Å². The number of hydrogen-bond donors (Lipinski definition) is 2. The highest BCUT2D eigenvalue weighted by Gasteiger charge is 2.32. The lowest BCUT2D eigenvalue weighted by Crippen LogP contribution is -2.18. The Hall–Kier alpha value is -3.46. The van der Waals surface area contributed by atoms with E-state index in [-0.39, 0.29) is 16.3 Å². The zero-order valence-electron chi connectivity index (χ0n) is 16.0. The molecule has 9 heteroatoms. The smallest absolute Gasteiger partial charge is 0.274 e. The van der Waals surface area contributed by atoms with E-state index in [1.807, 2.05) is 47.0 Å². The number of para-hydroxylation sites is 2. The van der Waals surface area contributed by atoms with Crippen LogP contribution in [0.4, 0.5) is 5.95 Å². The number of sulfone groups is 1. The van der Waals surface area contributed by atoms with E-state index < -0.39 is 15.7 Å². The summed E-state index contributed by atoms with van der Waals surface area (Å²) in [7, 11) is -3.30. The summed E-state index contributed by atoms with van der Waals surface area (Å²) in [6.07, 6.45) is 4.17. The highest BCUT2D eigenvalue weighted by Crippen LogP contribution is 2.29. The first kappa shape index (κ1) is 18.6. The maximum absolute atomic E-state index is 12.9. The van der Waals surface area contributed by atoms with Crippen molar-refractivity contribution < 1.29 is 13.2 Å². The average molecular weight is 421 g/mol. The van der Waals surface area contributed by atoms with Gasteiger partial charge in [-0.2, -0.15) is 0 Å². The van der Waals surface area contributed by atoms with Crippen LogP contribution in [0.1, 0.15) is 21.7 Å². The van der Waals surface area contributed by atoms with Crippen molar-refractivity contribution in [2.75, 3.05) is 11.1 Å². The van der Waals surface area contributed by atoms with E-state index in [0.29, 0.717) is 30.9 Å². The van der Waals surface area contributed by atoms with Crippen LogP contribution in [0.15, 0.2) is 59.8 Å². The van der Waals surface area contributed by atoms with E-state index in [0.717, 1.165) is 16.7 Å². The number of H-pyrrole nitrogens is 1. The molecule has 2 N–H and O–H groups in total. The minimum Gasteiger partial charge on any atom is -0.356 e. The summed E-state index contributed by atoms with van der Waals surface area (Å²) in [4.78, 5) is 24.9. The second-order valence-electron chi connectivity index (χ2n) is 7.18. The van der Waals surface area contributed by atoms with Crippen LogP contribution in [0.25, 0.3) is 11.0 Å². The van der Waals surface area contributed by atoms with Gasteiger partial charge in [-0.15, -0.1) is 0 Å². The van der Waals surface area contributed by atoms with Crippen LogP contribution in [0.5, 0.6) is 0 Å². The Kier molecular flexibility index (Phi) is 4.39. The lowest BCUT2D eigenvalue weighted by molar-refractivity contribution is 0.102. The molecule has 0 spiro atoms. The summed E-state index contributed by atoms with van der Waals surface area (Å²) >= 11 is 0. The second-order valence-corrected chi connectivity index (χ2v) is 9.25. The minimum atomic E-state index is -3.30. The molecule has 3 aromatic heterocycles. The number of fused-ring (bicyclic) bond motifs is 2. The molecule has 30 heavy (non-hydrogen) atoms. The third-order valence-electron chi connectivity index (χ3n) is 5.33. The molecule has 152 valence electrons. The Morgan fingerprint density at radius 3 is 2.83 bits per heavy atom. The Labute approximate surface area is 172 Å². The van der Waals surface area contributed by atoms with Gasteiger partial charge < -0.3 is 9.55 Å². The molecule has 1 aliphatic rings. The van der Waals surface area contributed by atoms with Gasteiger partial charge in [-0.3, -0.25) is 15.1 Å². The summed E-state index contributed by atoms with van der Waals surface area (Å²) in [6.45, 7) is 0.588. The largest absolute Gasteiger partial charge is 0.356 e. The zero-order valence-corrected chi connectivity index (χ0v) is 16.8. The second kappa shape index (κ2) is 7.10. The normalized spacial score (nSPS) is 14.7. The SMILES string of the molecule is O=C(Nc1nc2ccccc2n1CCc1ccccn1)c1[nH]cc2c1CCS2(=O)=O. The standard InChI is InChI=1S/C21H19N5O3S/c27-20(19-15-9-12-30(28,29)18(15)13-23-19)25-21-24-16-6-1-2-7-17(16)26(21)11-8-14-5-3-4-10-22-14/h1-7,10,13,23H,8-9,11-12H2,(H,24,25,27). The number of anilines is 1. The number of rotatable bonds is 5. The molecule has 1 aliphatic heterocycles. The summed E-state index contributed by atoms with van der Waals surface area (Å²) in [5.74, 6) is 0.0546. The van der Waals surface area contributed by atoms with Gasteiger partial charge >= 0.3 is 0 Å². The Bertz CT molecular complexity index is 1360. The van der Waals surface area contributed by atoms with Crippen molar-refractivity contribution in [3.63, 3.8) is 0 Å². The number of hydrogen-bond acceptors (Lipinski definition) is 5. The number of nitrogens with one attached hydrogen (secondary N) is 2. The number of aromatic amines is 1. The van der Waals surface area contributed by atoms with Gasteiger partial charge in [-0.05, 0) is 30.7 Å². The molecule has 0 radical (unpaired) electrons. The molecule has 0 unspecified atom stereocenters. The average Bonchev–Trinajstić information content (AvgIpc) is 3.41. The summed E-state index contributed by atoms with van der Waals surface area (Å²) in [6, 6.07) is 13.4. The predicted molar refractivity (Wildman–Crippen MR) is 112 cm³/mol. The molecular formula is C21H19N5O3S. The molecule has 5 rings (SSSR count). The summed E-state index contributed by atoms with van der Waals surface area (Å²) in [5, 5.41) is 2.86. The van der Waals surface area contributed by atoms with Crippen molar-refractivity contribution >= 4 is 32.7 Å². The molecule has 0 aliphatic carbocycles. The lowest BCUT2D eigenvalue weighted by Gasteiger charge is -2.10. The molecular weight excluding hydrogens is 402 g/mol. The van der Waals surface area contributed by atoms with Gasteiger partial charge in [0, 0.05) is 36.6 Å². The number of benzene rings is 1. The van der Waals surface area contributed by atoms with Crippen LogP contribution in [-0.2, 0) is 29.2 Å². The van der Waals surface area contributed by atoms with Crippen molar-refractivity contribution in [2.24, 2.45) is 0 Å². The molecule has 8 nitrogen and oxygen atoms in total. The zero-order chi connectivity index (χ0) is 20.7.